The zero-order valence-corrected chi connectivity index (χ0v) is 14.7. The molecule has 2 bridgehead atoms. The van der Waals surface area contributed by atoms with Gasteiger partial charge in [0, 0.05) is 18.2 Å². The number of rotatable bonds is 5. The van der Waals surface area contributed by atoms with E-state index >= 15 is 0 Å². The number of carbonyl (C=O) groups excluding carboxylic acids is 1. The van der Waals surface area contributed by atoms with E-state index < -0.39 is 0 Å². The lowest BCUT2D eigenvalue weighted by molar-refractivity contribution is 0.0661. The molecule has 0 radical (unpaired) electrons. The molecule has 1 aromatic heterocycles. The molecule has 0 aliphatic heterocycles. The molecule has 1 fully saturated rings. The second-order valence-corrected chi connectivity index (χ2v) is 7.48. The monoisotopic (exact) mass is 336 g/mol. The topological polar surface area (TPSA) is 51.0 Å². The van der Waals surface area contributed by atoms with Crippen LogP contribution in [0.25, 0.3) is 5.69 Å². The predicted octanol–water partition coefficient (Wildman–Crippen LogP) is 3.33. The summed E-state index contributed by atoms with van der Waals surface area (Å²) in [4.78, 5) is 19.0. The van der Waals surface area contributed by atoms with Crippen molar-refractivity contribution in [1.29, 1.82) is 0 Å². The van der Waals surface area contributed by atoms with Gasteiger partial charge in [-0.15, -0.1) is 0 Å². The Morgan fingerprint density at radius 2 is 2.04 bits per heavy atom. The van der Waals surface area contributed by atoms with E-state index in [1.54, 1.807) is 11.0 Å². The van der Waals surface area contributed by atoms with Crippen molar-refractivity contribution in [2.24, 2.45) is 17.8 Å². The van der Waals surface area contributed by atoms with E-state index in [1.807, 2.05) is 29.2 Å². The van der Waals surface area contributed by atoms with Gasteiger partial charge in [0.25, 0.3) is 5.91 Å². The number of nitrogens with zero attached hydrogens (tertiary/aromatic N) is 4. The Kier molecular flexibility index (Phi) is 4.15. The van der Waals surface area contributed by atoms with Crippen molar-refractivity contribution < 1.29 is 4.79 Å². The Balaban J connectivity index is 1.49. The molecule has 1 aromatic carbocycles. The van der Waals surface area contributed by atoms with E-state index in [0.29, 0.717) is 11.8 Å². The number of aromatic nitrogens is 3. The molecule has 0 saturated heterocycles. The van der Waals surface area contributed by atoms with Crippen molar-refractivity contribution in [3.63, 3.8) is 0 Å². The molecule has 2 aliphatic carbocycles. The van der Waals surface area contributed by atoms with Crippen molar-refractivity contribution in [3.8, 4) is 5.69 Å². The van der Waals surface area contributed by atoms with Crippen LogP contribution >= 0.6 is 0 Å². The number of benzene rings is 1. The van der Waals surface area contributed by atoms with E-state index in [0.717, 1.165) is 23.7 Å². The number of amides is 1. The lowest BCUT2D eigenvalue weighted by Crippen LogP contribution is -2.41. The van der Waals surface area contributed by atoms with Crippen LogP contribution in [-0.2, 0) is 0 Å². The Morgan fingerprint density at radius 3 is 2.60 bits per heavy atom. The van der Waals surface area contributed by atoms with Crippen LogP contribution in [0.2, 0.25) is 0 Å². The molecule has 130 valence electrons. The fourth-order valence-corrected chi connectivity index (χ4v) is 4.15. The summed E-state index contributed by atoms with van der Waals surface area (Å²) in [6, 6.07) is 7.80. The minimum atomic E-state index is 0.117. The maximum atomic E-state index is 13.1. The largest absolute Gasteiger partial charge is 0.336 e. The van der Waals surface area contributed by atoms with Crippen molar-refractivity contribution in [2.45, 2.75) is 32.7 Å². The lowest BCUT2D eigenvalue weighted by Gasteiger charge is -2.32. The molecule has 0 N–H and O–H groups in total. The molecular formula is C20H24N4O. The first-order chi connectivity index (χ1) is 12.1. The summed E-state index contributed by atoms with van der Waals surface area (Å²) in [6.07, 6.45) is 10.4. The Morgan fingerprint density at radius 1 is 1.24 bits per heavy atom. The fraction of sp³-hybridized carbons (Fsp3) is 0.450. The normalized spacial score (nSPS) is 24.2. The molecule has 25 heavy (non-hydrogen) atoms. The van der Waals surface area contributed by atoms with E-state index in [-0.39, 0.29) is 11.9 Å². The molecule has 2 aromatic rings. The van der Waals surface area contributed by atoms with Crippen LogP contribution in [0.3, 0.4) is 0 Å². The van der Waals surface area contributed by atoms with Gasteiger partial charge in [-0.1, -0.05) is 12.2 Å². The summed E-state index contributed by atoms with van der Waals surface area (Å²) in [5, 5.41) is 4.12. The molecule has 2 aliphatic rings. The summed E-state index contributed by atoms with van der Waals surface area (Å²) in [6.45, 7) is 5.06. The summed E-state index contributed by atoms with van der Waals surface area (Å²) in [5.74, 6) is 2.12. The smallest absolute Gasteiger partial charge is 0.254 e. The SMILES string of the molecule is CC(C)N(CC1CC2C=CC1C2)C(=O)c1ccc(-n2cncn2)cc1. The van der Waals surface area contributed by atoms with Crippen molar-refractivity contribution in [3.05, 3.63) is 54.6 Å². The summed E-state index contributed by atoms with van der Waals surface area (Å²) in [7, 11) is 0. The van der Waals surface area contributed by atoms with Crippen LogP contribution in [0.5, 0.6) is 0 Å². The quantitative estimate of drug-likeness (QED) is 0.787. The van der Waals surface area contributed by atoms with E-state index in [2.05, 4.69) is 36.1 Å². The second-order valence-electron chi connectivity index (χ2n) is 7.48. The Labute approximate surface area is 148 Å². The van der Waals surface area contributed by atoms with Crippen LogP contribution in [0.15, 0.2) is 49.1 Å². The first-order valence-corrected chi connectivity index (χ1v) is 9.06. The van der Waals surface area contributed by atoms with Gasteiger partial charge in [-0.05, 0) is 68.7 Å². The molecule has 1 heterocycles. The average Bonchev–Trinajstić information content (AvgIpc) is 3.36. The van der Waals surface area contributed by atoms with Gasteiger partial charge in [0.05, 0.1) is 5.69 Å². The predicted molar refractivity (Wildman–Crippen MR) is 96.4 cm³/mol. The molecule has 1 amide bonds. The van der Waals surface area contributed by atoms with Gasteiger partial charge in [0.2, 0.25) is 0 Å². The van der Waals surface area contributed by atoms with E-state index in [1.165, 1.54) is 19.2 Å². The van der Waals surface area contributed by atoms with Gasteiger partial charge in [-0.3, -0.25) is 4.79 Å². The zero-order chi connectivity index (χ0) is 17.4. The van der Waals surface area contributed by atoms with Gasteiger partial charge in [-0.25, -0.2) is 9.67 Å². The summed E-state index contributed by atoms with van der Waals surface area (Å²) < 4.78 is 1.69. The summed E-state index contributed by atoms with van der Waals surface area (Å²) in [5.41, 5.74) is 1.64. The maximum Gasteiger partial charge on any atom is 0.254 e. The third-order valence-corrected chi connectivity index (χ3v) is 5.53. The minimum absolute atomic E-state index is 0.117. The lowest BCUT2D eigenvalue weighted by atomic mass is 9.92. The van der Waals surface area contributed by atoms with Gasteiger partial charge < -0.3 is 4.90 Å². The average molecular weight is 336 g/mol. The maximum absolute atomic E-state index is 13.1. The standard InChI is InChI=1S/C20H24N4O/c1-14(2)23(11-18-10-15-3-4-17(18)9-15)20(25)16-5-7-19(8-6-16)24-13-21-12-22-24/h3-8,12-15,17-18H,9-11H2,1-2H3. The zero-order valence-electron chi connectivity index (χ0n) is 14.7. The van der Waals surface area contributed by atoms with Crippen molar-refractivity contribution in [1.82, 2.24) is 19.7 Å². The van der Waals surface area contributed by atoms with Crippen LogP contribution < -0.4 is 0 Å². The number of carbonyl (C=O) groups is 1. The Bertz CT molecular complexity index is 764. The molecule has 4 rings (SSSR count). The molecule has 3 unspecified atom stereocenters. The third kappa shape index (κ3) is 3.11. The number of fused-ring (bicyclic) bond motifs is 2. The highest BCUT2D eigenvalue weighted by Gasteiger charge is 2.37. The molecule has 3 atom stereocenters. The van der Waals surface area contributed by atoms with Gasteiger partial charge in [0.15, 0.2) is 0 Å². The highest BCUT2D eigenvalue weighted by molar-refractivity contribution is 5.94. The molecule has 1 saturated carbocycles. The van der Waals surface area contributed by atoms with Gasteiger partial charge in [0.1, 0.15) is 12.7 Å². The first kappa shape index (κ1) is 16.1. The second kappa shape index (κ2) is 6.47. The number of hydrogen-bond acceptors (Lipinski definition) is 3. The van der Waals surface area contributed by atoms with Crippen LogP contribution in [0.4, 0.5) is 0 Å². The minimum Gasteiger partial charge on any atom is -0.336 e. The molecule has 5 heteroatoms. The summed E-state index contributed by atoms with van der Waals surface area (Å²) >= 11 is 0. The van der Waals surface area contributed by atoms with E-state index in [9.17, 15) is 4.79 Å². The highest BCUT2D eigenvalue weighted by atomic mass is 16.2. The number of hydrogen-bond donors (Lipinski definition) is 0. The fourth-order valence-electron chi connectivity index (χ4n) is 4.15. The molecule has 5 nitrogen and oxygen atoms in total. The van der Waals surface area contributed by atoms with Crippen LogP contribution in [0, 0.1) is 17.8 Å². The highest BCUT2D eigenvalue weighted by Crippen LogP contribution is 2.43. The number of allylic oxidation sites excluding steroid dienone is 2. The van der Waals surface area contributed by atoms with E-state index in [4.69, 9.17) is 0 Å². The molecular weight excluding hydrogens is 312 g/mol. The van der Waals surface area contributed by atoms with Crippen LogP contribution in [-0.4, -0.2) is 38.2 Å². The molecule has 0 spiro atoms. The first-order valence-electron chi connectivity index (χ1n) is 9.06. The van der Waals surface area contributed by atoms with Gasteiger partial charge in [-0.2, -0.15) is 5.10 Å². The van der Waals surface area contributed by atoms with Crippen molar-refractivity contribution in [2.75, 3.05) is 6.54 Å². The van der Waals surface area contributed by atoms with Crippen molar-refractivity contribution >= 4 is 5.91 Å². The van der Waals surface area contributed by atoms with Gasteiger partial charge >= 0.3 is 0 Å². The Hall–Kier alpha value is -2.43. The third-order valence-electron chi connectivity index (χ3n) is 5.53. The van der Waals surface area contributed by atoms with Crippen LogP contribution in [0.1, 0.15) is 37.0 Å².